The minimum atomic E-state index is 0.772. The molecule has 0 aliphatic rings. The third-order valence-electron chi connectivity index (χ3n) is 2.70. The highest BCUT2D eigenvalue weighted by molar-refractivity contribution is 7.21. The third-order valence-corrected chi connectivity index (χ3v) is 5.07. The van der Waals surface area contributed by atoms with Crippen LogP contribution in [0.15, 0.2) is 53.9 Å². The molecule has 0 nitrogen and oxygen atoms in total. The van der Waals surface area contributed by atoms with Gasteiger partial charge in [-0.25, -0.2) is 0 Å². The molecule has 0 spiro atoms. The van der Waals surface area contributed by atoms with Crippen LogP contribution in [0.5, 0.6) is 0 Å². The summed E-state index contributed by atoms with van der Waals surface area (Å²) in [4.78, 5) is 3.92. The summed E-state index contributed by atoms with van der Waals surface area (Å²) in [6.07, 6.45) is 4.26. The van der Waals surface area contributed by atoms with Gasteiger partial charge in [0.05, 0.1) is 0 Å². The van der Waals surface area contributed by atoms with E-state index in [2.05, 4.69) is 41.8 Å². The molecule has 3 aromatic rings. The lowest BCUT2D eigenvalue weighted by Gasteiger charge is -1.92. The fourth-order valence-electron chi connectivity index (χ4n) is 1.75. The maximum Gasteiger partial charge on any atom is 0.0448 e. The number of thiophene rings is 2. The zero-order chi connectivity index (χ0) is 13.1. The molecular formula is C16H11ClS2. The fourth-order valence-corrected chi connectivity index (χ4v) is 3.62. The lowest BCUT2D eigenvalue weighted by Crippen LogP contribution is -1.69. The largest absolute Gasteiger partial charge is 0.143 e. The molecule has 3 heteroatoms. The molecule has 0 atom stereocenters. The van der Waals surface area contributed by atoms with Crippen LogP contribution in [0.3, 0.4) is 0 Å². The SMILES string of the molecule is Clc1ccc(/C=C/c2ccc(-c3cccs3)s2)cc1. The average molecular weight is 303 g/mol. The summed E-state index contributed by atoms with van der Waals surface area (Å²) in [5.41, 5.74) is 1.16. The first-order valence-corrected chi connectivity index (χ1v) is 7.96. The molecule has 0 bridgehead atoms. The lowest BCUT2D eigenvalue weighted by atomic mass is 10.2. The van der Waals surface area contributed by atoms with Gasteiger partial charge < -0.3 is 0 Å². The van der Waals surface area contributed by atoms with Crippen LogP contribution in [-0.2, 0) is 0 Å². The fraction of sp³-hybridized carbons (Fsp3) is 0. The van der Waals surface area contributed by atoms with E-state index in [1.807, 2.05) is 35.6 Å². The highest BCUT2D eigenvalue weighted by atomic mass is 35.5. The van der Waals surface area contributed by atoms with Gasteiger partial charge in [-0.05, 0) is 47.4 Å². The standard InChI is InChI=1S/C16H11ClS2/c17-13-6-3-12(4-7-13)5-8-14-9-10-16(19-14)15-2-1-11-18-15/h1-11H/b8-5+. The molecule has 0 unspecified atom stereocenters. The van der Waals surface area contributed by atoms with E-state index >= 15 is 0 Å². The van der Waals surface area contributed by atoms with E-state index in [0.29, 0.717) is 0 Å². The summed E-state index contributed by atoms with van der Waals surface area (Å²) in [6, 6.07) is 16.4. The van der Waals surface area contributed by atoms with Gasteiger partial charge in [0.2, 0.25) is 0 Å². The quantitative estimate of drug-likeness (QED) is 0.532. The summed E-state index contributed by atoms with van der Waals surface area (Å²) < 4.78 is 0. The van der Waals surface area contributed by atoms with Crippen molar-refractivity contribution < 1.29 is 0 Å². The summed E-state index contributed by atoms with van der Waals surface area (Å²) in [5.74, 6) is 0. The molecule has 3 rings (SSSR count). The molecule has 0 N–H and O–H groups in total. The van der Waals surface area contributed by atoms with Crippen molar-refractivity contribution in [3.63, 3.8) is 0 Å². The van der Waals surface area contributed by atoms with Gasteiger partial charge in [0.1, 0.15) is 0 Å². The average Bonchev–Trinajstić information content (AvgIpc) is 3.09. The Kier molecular flexibility index (Phi) is 3.83. The lowest BCUT2D eigenvalue weighted by molar-refractivity contribution is 1.66. The number of hydrogen-bond acceptors (Lipinski definition) is 2. The van der Waals surface area contributed by atoms with Gasteiger partial charge in [0.15, 0.2) is 0 Å². The second-order valence-electron chi connectivity index (χ2n) is 4.06. The van der Waals surface area contributed by atoms with Gasteiger partial charge in [-0.1, -0.05) is 35.9 Å². The Morgan fingerprint density at radius 2 is 1.68 bits per heavy atom. The molecule has 0 saturated carbocycles. The summed E-state index contributed by atoms with van der Waals surface area (Å²) in [7, 11) is 0. The Bertz CT molecular complexity index is 676. The van der Waals surface area contributed by atoms with Crippen LogP contribution in [0.4, 0.5) is 0 Å². The van der Waals surface area contributed by atoms with Crippen LogP contribution in [-0.4, -0.2) is 0 Å². The van der Waals surface area contributed by atoms with E-state index in [0.717, 1.165) is 10.6 Å². The molecule has 0 radical (unpaired) electrons. The van der Waals surface area contributed by atoms with Gasteiger partial charge in [0.25, 0.3) is 0 Å². The highest BCUT2D eigenvalue weighted by Crippen LogP contribution is 2.32. The van der Waals surface area contributed by atoms with E-state index in [4.69, 9.17) is 11.6 Å². The molecule has 2 aromatic heterocycles. The molecule has 0 amide bonds. The third kappa shape index (κ3) is 3.16. The maximum atomic E-state index is 5.87. The minimum Gasteiger partial charge on any atom is -0.143 e. The first-order chi connectivity index (χ1) is 9.31. The topological polar surface area (TPSA) is 0 Å². The highest BCUT2D eigenvalue weighted by Gasteiger charge is 2.01. The molecule has 94 valence electrons. The molecule has 1 aromatic carbocycles. The van der Waals surface area contributed by atoms with Crippen molar-refractivity contribution in [1.82, 2.24) is 0 Å². The van der Waals surface area contributed by atoms with Gasteiger partial charge in [-0.3, -0.25) is 0 Å². The summed E-state index contributed by atoms with van der Waals surface area (Å²) in [5, 5.41) is 2.88. The van der Waals surface area contributed by atoms with Gasteiger partial charge in [0, 0.05) is 19.7 Å². The first-order valence-electron chi connectivity index (χ1n) is 5.89. The van der Waals surface area contributed by atoms with Crippen molar-refractivity contribution in [1.29, 1.82) is 0 Å². The first kappa shape index (κ1) is 12.7. The maximum absolute atomic E-state index is 5.87. The minimum absolute atomic E-state index is 0.772. The Labute approximate surface area is 125 Å². The molecule has 0 aliphatic heterocycles. The molecular weight excluding hydrogens is 292 g/mol. The molecule has 0 aliphatic carbocycles. The van der Waals surface area contributed by atoms with E-state index < -0.39 is 0 Å². The van der Waals surface area contributed by atoms with Crippen LogP contribution >= 0.6 is 34.3 Å². The van der Waals surface area contributed by atoms with Crippen LogP contribution < -0.4 is 0 Å². The second-order valence-corrected chi connectivity index (χ2v) is 6.56. The van der Waals surface area contributed by atoms with Crippen molar-refractivity contribution in [2.24, 2.45) is 0 Å². The van der Waals surface area contributed by atoms with E-state index in [1.165, 1.54) is 14.6 Å². The monoisotopic (exact) mass is 302 g/mol. The van der Waals surface area contributed by atoms with Crippen molar-refractivity contribution >= 4 is 46.4 Å². The Morgan fingerprint density at radius 3 is 2.42 bits per heavy atom. The van der Waals surface area contributed by atoms with Crippen molar-refractivity contribution in [2.45, 2.75) is 0 Å². The number of hydrogen-bond donors (Lipinski definition) is 0. The Morgan fingerprint density at radius 1 is 0.842 bits per heavy atom. The molecule has 0 saturated heterocycles. The second kappa shape index (κ2) is 5.74. The zero-order valence-corrected chi connectivity index (χ0v) is 12.4. The van der Waals surface area contributed by atoms with Crippen LogP contribution in [0.2, 0.25) is 5.02 Å². The Balaban J connectivity index is 1.78. The molecule has 2 heterocycles. The normalized spacial score (nSPS) is 11.2. The number of benzene rings is 1. The van der Waals surface area contributed by atoms with Crippen LogP contribution in [0, 0.1) is 0 Å². The predicted molar refractivity (Wildman–Crippen MR) is 88.0 cm³/mol. The van der Waals surface area contributed by atoms with Crippen molar-refractivity contribution in [3.05, 3.63) is 69.4 Å². The summed E-state index contributed by atoms with van der Waals surface area (Å²) >= 11 is 9.46. The van der Waals surface area contributed by atoms with Crippen LogP contribution in [0.25, 0.3) is 21.9 Å². The Hall–Kier alpha value is -1.35. The number of halogens is 1. The smallest absolute Gasteiger partial charge is 0.0448 e. The van der Waals surface area contributed by atoms with Crippen LogP contribution in [0.1, 0.15) is 10.4 Å². The molecule has 19 heavy (non-hydrogen) atoms. The van der Waals surface area contributed by atoms with Crippen molar-refractivity contribution in [2.75, 3.05) is 0 Å². The van der Waals surface area contributed by atoms with E-state index in [-0.39, 0.29) is 0 Å². The van der Waals surface area contributed by atoms with Crippen molar-refractivity contribution in [3.8, 4) is 9.75 Å². The van der Waals surface area contributed by atoms with Gasteiger partial charge >= 0.3 is 0 Å². The molecule has 0 fully saturated rings. The summed E-state index contributed by atoms with van der Waals surface area (Å²) in [6.45, 7) is 0. The predicted octanol–water partition coefficient (Wildman–Crippen LogP) is 6.30. The van der Waals surface area contributed by atoms with E-state index in [1.54, 1.807) is 11.3 Å². The zero-order valence-electron chi connectivity index (χ0n) is 10.0. The van der Waals surface area contributed by atoms with Gasteiger partial charge in [-0.15, -0.1) is 22.7 Å². The van der Waals surface area contributed by atoms with Gasteiger partial charge in [-0.2, -0.15) is 0 Å². The number of rotatable bonds is 3. The van der Waals surface area contributed by atoms with E-state index in [9.17, 15) is 0 Å².